The Hall–Kier alpha value is -2.61. The Labute approximate surface area is 185 Å². The highest BCUT2D eigenvalue weighted by Gasteiger charge is 2.25. The topological polar surface area (TPSA) is 91.0 Å². The lowest BCUT2D eigenvalue weighted by Crippen LogP contribution is -2.50. The standard InChI is InChI=1S/C23H36N4O4/c1-17-8-6-9-19(16-17)21(29)25-18(2)20(28)24-10-7-11-26-12-14-27(15-13-26)22(30)31-23(3,4)5/h6,8-9,16,18H,7,10-15H2,1-5H3,(H,24,28)(H,25,29). The van der Waals surface area contributed by atoms with E-state index in [-0.39, 0.29) is 17.9 Å². The number of piperazine rings is 1. The molecule has 8 heteroatoms. The van der Waals surface area contributed by atoms with E-state index in [2.05, 4.69) is 15.5 Å². The van der Waals surface area contributed by atoms with Crippen LogP contribution in [0.25, 0.3) is 0 Å². The van der Waals surface area contributed by atoms with Crippen molar-refractivity contribution < 1.29 is 19.1 Å². The van der Waals surface area contributed by atoms with Crippen LogP contribution in [-0.4, -0.2) is 78.6 Å². The molecule has 31 heavy (non-hydrogen) atoms. The highest BCUT2D eigenvalue weighted by atomic mass is 16.6. The predicted octanol–water partition coefficient (Wildman–Crippen LogP) is 2.17. The van der Waals surface area contributed by atoms with Crippen molar-refractivity contribution in [2.75, 3.05) is 39.3 Å². The minimum atomic E-state index is -0.606. The van der Waals surface area contributed by atoms with Gasteiger partial charge in [-0.15, -0.1) is 0 Å². The zero-order chi connectivity index (χ0) is 23.0. The van der Waals surface area contributed by atoms with Crippen molar-refractivity contribution in [2.24, 2.45) is 0 Å². The van der Waals surface area contributed by atoms with Crippen molar-refractivity contribution in [1.29, 1.82) is 0 Å². The monoisotopic (exact) mass is 432 g/mol. The van der Waals surface area contributed by atoms with E-state index < -0.39 is 11.6 Å². The second kappa shape index (κ2) is 11.1. The molecule has 0 bridgehead atoms. The van der Waals surface area contributed by atoms with Gasteiger partial charge in [-0.05, 0) is 59.7 Å². The van der Waals surface area contributed by atoms with E-state index in [0.29, 0.717) is 25.2 Å². The quantitative estimate of drug-likeness (QED) is 0.645. The van der Waals surface area contributed by atoms with Crippen LogP contribution < -0.4 is 10.6 Å². The highest BCUT2D eigenvalue weighted by Crippen LogP contribution is 2.12. The molecule has 1 saturated heterocycles. The minimum absolute atomic E-state index is 0.198. The van der Waals surface area contributed by atoms with Crippen molar-refractivity contribution in [3.05, 3.63) is 35.4 Å². The molecule has 2 N–H and O–H groups in total. The number of aryl methyl sites for hydroxylation is 1. The van der Waals surface area contributed by atoms with E-state index in [1.54, 1.807) is 24.0 Å². The molecule has 0 saturated carbocycles. The van der Waals surface area contributed by atoms with Gasteiger partial charge < -0.3 is 20.3 Å². The van der Waals surface area contributed by atoms with E-state index in [0.717, 1.165) is 31.6 Å². The number of rotatable bonds is 7. The van der Waals surface area contributed by atoms with Crippen LogP contribution in [0.15, 0.2) is 24.3 Å². The van der Waals surface area contributed by atoms with Crippen molar-refractivity contribution in [3.8, 4) is 0 Å². The number of hydrogen-bond acceptors (Lipinski definition) is 5. The molecule has 0 radical (unpaired) electrons. The van der Waals surface area contributed by atoms with Gasteiger partial charge in [-0.2, -0.15) is 0 Å². The molecule has 0 aromatic heterocycles. The molecule has 1 aliphatic heterocycles. The number of carbonyl (C=O) groups is 3. The van der Waals surface area contributed by atoms with Gasteiger partial charge in [0, 0.05) is 38.3 Å². The first-order valence-corrected chi connectivity index (χ1v) is 10.9. The Balaban J connectivity index is 1.62. The maximum atomic E-state index is 12.3. The normalized spacial score (nSPS) is 15.8. The van der Waals surface area contributed by atoms with Crippen molar-refractivity contribution >= 4 is 17.9 Å². The summed E-state index contributed by atoms with van der Waals surface area (Å²) in [4.78, 5) is 40.6. The summed E-state index contributed by atoms with van der Waals surface area (Å²) in [6, 6.07) is 6.66. The van der Waals surface area contributed by atoms with Gasteiger partial charge in [-0.25, -0.2) is 4.79 Å². The first kappa shape index (κ1) is 24.7. The van der Waals surface area contributed by atoms with Gasteiger partial charge >= 0.3 is 6.09 Å². The number of hydrogen-bond donors (Lipinski definition) is 2. The molecular formula is C23H36N4O4. The van der Waals surface area contributed by atoms with Crippen LogP contribution in [0.2, 0.25) is 0 Å². The Morgan fingerprint density at radius 2 is 1.81 bits per heavy atom. The van der Waals surface area contributed by atoms with E-state index in [1.807, 2.05) is 39.8 Å². The summed E-state index contributed by atoms with van der Waals surface area (Å²) in [5.74, 6) is -0.454. The second-order valence-electron chi connectivity index (χ2n) is 9.02. The number of benzene rings is 1. The fraction of sp³-hybridized carbons (Fsp3) is 0.609. The van der Waals surface area contributed by atoms with Crippen LogP contribution in [0.1, 0.15) is 50.0 Å². The molecule has 1 atom stereocenters. The molecule has 1 aromatic rings. The van der Waals surface area contributed by atoms with Crippen molar-refractivity contribution in [2.45, 2.75) is 52.7 Å². The van der Waals surface area contributed by atoms with Gasteiger partial charge in [0.25, 0.3) is 5.91 Å². The Bertz CT molecular complexity index is 767. The third-order valence-electron chi connectivity index (χ3n) is 5.00. The molecule has 1 unspecified atom stereocenters. The first-order chi connectivity index (χ1) is 14.5. The molecule has 1 aromatic carbocycles. The summed E-state index contributed by atoms with van der Waals surface area (Å²) in [7, 11) is 0. The summed E-state index contributed by atoms with van der Waals surface area (Å²) in [5, 5.41) is 5.61. The lowest BCUT2D eigenvalue weighted by atomic mass is 10.1. The zero-order valence-electron chi connectivity index (χ0n) is 19.4. The first-order valence-electron chi connectivity index (χ1n) is 10.9. The van der Waals surface area contributed by atoms with Crippen LogP contribution >= 0.6 is 0 Å². The molecule has 1 fully saturated rings. The third kappa shape index (κ3) is 8.57. The minimum Gasteiger partial charge on any atom is -0.444 e. The number of ether oxygens (including phenoxy) is 1. The third-order valence-corrected chi connectivity index (χ3v) is 5.00. The lowest BCUT2D eigenvalue weighted by molar-refractivity contribution is -0.122. The summed E-state index contributed by atoms with van der Waals surface area (Å²) in [6.07, 6.45) is 0.539. The largest absolute Gasteiger partial charge is 0.444 e. The van der Waals surface area contributed by atoms with Crippen LogP contribution in [0.4, 0.5) is 4.79 Å². The molecule has 1 aliphatic rings. The summed E-state index contributed by atoms with van der Waals surface area (Å²) in [5.41, 5.74) is 1.06. The molecule has 0 aliphatic carbocycles. The van der Waals surface area contributed by atoms with Gasteiger partial charge in [0.2, 0.25) is 5.91 Å². The Morgan fingerprint density at radius 1 is 1.13 bits per heavy atom. The van der Waals surface area contributed by atoms with Gasteiger partial charge in [0.05, 0.1) is 0 Å². The smallest absolute Gasteiger partial charge is 0.410 e. The molecule has 172 valence electrons. The molecule has 8 nitrogen and oxygen atoms in total. The van der Waals surface area contributed by atoms with Crippen LogP contribution in [0, 0.1) is 6.92 Å². The SMILES string of the molecule is Cc1cccc(C(=O)NC(C)C(=O)NCCCN2CCN(C(=O)OC(C)(C)C)CC2)c1. The maximum Gasteiger partial charge on any atom is 0.410 e. The maximum absolute atomic E-state index is 12.3. The van der Waals surface area contributed by atoms with Crippen LogP contribution in [0.5, 0.6) is 0 Å². The Morgan fingerprint density at radius 3 is 2.42 bits per heavy atom. The molecule has 1 heterocycles. The summed E-state index contributed by atoms with van der Waals surface area (Å²) < 4.78 is 5.41. The van der Waals surface area contributed by atoms with E-state index >= 15 is 0 Å². The number of carbonyl (C=O) groups excluding carboxylic acids is 3. The molecule has 0 spiro atoms. The van der Waals surface area contributed by atoms with Crippen molar-refractivity contribution in [3.63, 3.8) is 0 Å². The second-order valence-corrected chi connectivity index (χ2v) is 9.02. The molecule has 3 amide bonds. The summed E-state index contributed by atoms with van der Waals surface area (Å²) >= 11 is 0. The van der Waals surface area contributed by atoms with Crippen molar-refractivity contribution in [1.82, 2.24) is 20.4 Å². The number of amides is 3. The number of nitrogens with zero attached hydrogens (tertiary/aromatic N) is 2. The van der Waals surface area contributed by atoms with Gasteiger partial charge in [-0.1, -0.05) is 17.7 Å². The van der Waals surface area contributed by atoms with Gasteiger partial charge in [-0.3, -0.25) is 14.5 Å². The summed E-state index contributed by atoms with van der Waals surface area (Å²) in [6.45, 7) is 13.4. The zero-order valence-corrected chi connectivity index (χ0v) is 19.4. The highest BCUT2D eigenvalue weighted by molar-refractivity contribution is 5.97. The van der Waals surface area contributed by atoms with E-state index in [9.17, 15) is 14.4 Å². The average molecular weight is 433 g/mol. The lowest BCUT2D eigenvalue weighted by Gasteiger charge is -2.35. The Kier molecular flexibility index (Phi) is 8.86. The predicted molar refractivity (Wildman–Crippen MR) is 120 cm³/mol. The van der Waals surface area contributed by atoms with E-state index in [1.165, 1.54) is 0 Å². The van der Waals surface area contributed by atoms with Crippen LogP contribution in [0.3, 0.4) is 0 Å². The fourth-order valence-electron chi connectivity index (χ4n) is 3.28. The van der Waals surface area contributed by atoms with E-state index in [4.69, 9.17) is 4.74 Å². The van der Waals surface area contributed by atoms with Crippen LogP contribution in [-0.2, 0) is 9.53 Å². The van der Waals surface area contributed by atoms with Gasteiger partial charge in [0.1, 0.15) is 11.6 Å². The number of nitrogens with one attached hydrogen (secondary N) is 2. The molecule has 2 rings (SSSR count). The van der Waals surface area contributed by atoms with Gasteiger partial charge in [0.15, 0.2) is 0 Å². The fourth-order valence-corrected chi connectivity index (χ4v) is 3.28. The molecular weight excluding hydrogens is 396 g/mol. The average Bonchev–Trinajstić information content (AvgIpc) is 2.70.